The van der Waals surface area contributed by atoms with E-state index in [1.54, 1.807) is 19.2 Å². The predicted octanol–water partition coefficient (Wildman–Crippen LogP) is 1.93. The van der Waals surface area contributed by atoms with Crippen LogP contribution in [0.15, 0.2) is 18.2 Å². The van der Waals surface area contributed by atoms with Crippen LogP contribution < -0.4 is 4.74 Å². The number of carbonyl (C=O) groups excluding carboxylic acids is 1. The molecule has 0 aliphatic heterocycles. The predicted molar refractivity (Wildman–Crippen MR) is 64.3 cm³/mol. The van der Waals surface area contributed by atoms with Crippen molar-refractivity contribution in [2.45, 2.75) is 19.8 Å². The van der Waals surface area contributed by atoms with Crippen molar-refractivity contribution in [3.05, 3.63) is 29.3 Å². The summed E-state index contributed by atoms with van der Waals surface area (Å²) in [7, 11) is 1.57. The molecule has 0 radical (unpaired) electrons. The molecule has 0 saturated carbocycles. The van der Waals surface area contributed by atoms with Gasteiger partial charge in [0, 0.05) is 6.61 Å². The molecule has 17 heavy (non-hydrogen) atoms. The van der Waals surface area contributed by atoms with Crippen molar-refractivity contribution >= 4 is 5.97 Å². The van der Waals surface area contributed by atoms with Crippen molar-refractivity contribution in [2.24, 2.45) is 0 Å². The van der Waals surface area contributed by atoms with Crippen molar-refractivity contribution in [3.63, 3.8) is 0 Å². The van der Waals surface area contributed by atoms with Gasteiger partial charge < -0.3 is 14.6 Å². The molecule has 0 spiro atoms. The van der Waals surface area contributed by atoms with Crippen molar-refractivity contribution < 1.29 is 19.4 Å². The molecule has 4 heteroatoms. The fraction of sp³-hybridized carbons (Fsp3) is 0.462. The molecule has 0 fully saturated rings. The number of aliphatic hydroxyl groups is 1. The Hall–Kier alpha value is -1.55. The number of methoxy groups -OCH3 is 1. The van der Waals surface area contributed by atoms with E-state index in [2.05, 4.69) is 0 Å². The molecule has 0 bridgehead atoms. The normalized spacial score (nSPS) is 10.1. The van der Waals surface area contributed by atoms with Crippen LogP contribution in [0.2, 0.25) is 0 Å². The Morgan fingerprint density at radius 2 is 2.12 bits per heavy atom. The molecule has 0 aromatic heterocycles. The number of hydrogen-bond acceptors (Lipinski definition) is 4. The van der Waals surface area contributed by atoms with Gasteiger partial charge in [0.1, 0.15) is 5.75 Å². The van der Waals surface area contributed by atoms with E-state index in [1.165, 1.54) is 0 Å². The summed E-state index contributed by atoms with van der Waals surface area (Å²) < 4.78 is 10.2. The lowest BCUT2D eigenvalue weighted by Gasteiger charge is -2.08. The molecule has 0 aliphatic carbocycles. The van der Waals surface area contributed by atoms with Crippen LogP contribution in [0.4, 0.5) is 0 Å². The van der Waals surface area contributed by atoms with Crippen molar-refractivity contribution in [2.75, 3.05) is 20.3 Å². The Morgan fingerprint density at radius 1 is 1.35 bits per heavy atom. The third-order valence-electron chi connectivity index (χ3n) is 2.43. The summed E-state index contributed by atoms with van der Waals surface area (Å²) in [6.45, 7) is 2.36. The first-order chi connectivity index (χ1) is 8.19. The Morgan fingerprint density at radius 3 is 2.76 bits per heavy atom. The van der Waals surface area contributed by atoms with E-state index >= 15 is 0 Å². The van der Waals surface area contributed by atoms with Gasteiger partial charge in [-0.1, -0.05) is 6.07 Å². The highest BCUT2D eigenvalue weighted by molar-refractivity contribution is 5.90. The first-order valence-electron chi connectivity index (χ1n) is 5.61. The second-order valence-electron chi connectivity index (χ2n) is 3.75. The molecule has 1 rings (SSSR count). The van der Waals surface area contributed by atoms with Gasteiger partial charge in [-0.2, -0.15) is 0 Å². The Bertz CT molecular complexity index is 374. The lowest BCUT2D eigenvalue weighted by molar-refractivity contribution is 0.0492. The molecule has 1 aromatic rings. The molecular weight excluding hydrogens is 220 g/mol. The smallest absolute Gasteiger partial charge is 0.338 e. The van der Waals surface area contributed by atoms with Gasteiger partial charge in [0.15, 0.2) is 0 Å². The quantitative estimate of drug-likeness (QED) is 0.607. The maximum atomic E-state index is 11.6. The van der Waals surface area contributed by atoms with E-state index in [4.69, 9.17) is 14.6 Å². The third kappa shape index (κ3) is 4.07. The number of unbranched alkanes of at least 4 members (excludes halogenated alkanes) is 1. The van der Waals surface area contributed by atoms with E-state index in [9.17, 15) is 4.79 Å². The van der Waals surface area contributed by atoms with Crippen LogP contribution in [0.25, 0.3) is 0 Å². The van der Waals surface area contributed by atoms with E-state index in [0.717, 1.165) is 5.56 Å². The van der Waals surface area contributed by atoms with Gasteiger partial charge >= 0.3 is 5.97 Å². The maximum absolute atomic E-state index is 11.6. The van der Waals surface area contributed by atoms with Crippen LogP contribution in [0.3, 0.4) is 0 Å². The molecule has 0 atom stereocenters. The number of ether oxygens (including phenoxy) is 2. The molecule has 4 nitrogen and oxygen atoms in total. The largest absolute Gasteiger partial charge is 0.496 e. The minimum absolute atomic E-state index is 0.121. The Balaban J connectivity index is 2.57. The number of rotatable bonds is 6. The van der Waals surface area contributed by atoms with Crippen LogP contribution in [0.5, 0.6) is 5.75 Å². The van der Waals surface area contributed by atoms with Crippen molar-refractivity contribution in [1.29, 1.82) is 0 Å². The number of aryl methyl sites for hydroxylation is 1. The summed E-state index contributed by atoms with van der Waals surface area (Å²) >= 11 is 0. The number of benzene rings is 1. The van der Waals surface area contributed by atoms with E-state index in [0.29, 0.717) is 30.8 Å². The fourth-order valence-corrected chi connectivity index (χ4v) is 1.41. The number of aliphatic hydroxyl groups excluding tert-OH is 1. The van der Waals surface area contributed by atoms with Crippen molar-refractivity contribution in [3.8, 4) is 5.75 Å². The van der Waals surface area contributed by atoms with Gasteiger partial charge in [0.05, 0.1) is 19.3 Å². The van der Waals surface area contributed by atoms with Crippen LogP contribution in [0, 0.1) is 6.92 Å². The standard InChI is InChI=1S/C13H18O4/c1-10-5-6-11(9-12(10)16-2)13(15)17-8-4-3-7-14/h5-6,9,14H,3-4,7-8H2,1-2H3. The second kappa shape index (κ2) is 6.91. The molecule has 0 unspecified atom stereocenters. The monoisotopic (exact) mass is 238 g/mol. The summed E-state index contributed by atoms with van der Waals surface area (Å²) in [6, 6.07) is 5.21. The lowest BCUT2D eigenvalue weighted by atomic mass is 10.1. The second-order valence-corrected chi connectivity index (χ2v) is 3.75. The van der Waals surface area contributed by atoms with Crippen molar-refractivity contribution in [1.82, 2.24) is 0 Å². The van der Waals surface area contributed by atoms with Crippen LogP contribution >= 0.6 is 0 Å². The highest BCUT2D eigenvalue weighted by Crippen LogP contribution is 2.19. The summed E-state index contributed by atoms with van der Waals surface area (Å²) in [5, 5.41) is 8.59. The fourth-order valence-electron chi connectivity index (χ4n) is 1.41. The zero-order valence-electron chi connectivity index (χ0n) is 10.2. The first kappa shape index (κ1) is 13.5. The van der Waals surface area contributed by atoms with Gasteiger partial charge in [0.25, 0.3) is 0 Å². The van der Waals surface area contributed by atoms with Gasteiger partial charge in [-0.25, -0.2) is 4.79 Å². The van der Waals surface area contributed by atoms with E-state index in [1.807, 2.05) is 13.0 Å². The summed E-state index contributed by atoms with van der Waals surface area (Å²) in [6.07, 6.45) is 1.32. The Labute approximate surface area is 101 Å². The highest BCUT2D eigenvalue weighted by atomic mass is 16.5. The van der Waals surface area contributed by atoms with Crippen LogP contribution in [0.1, 0.15) is 28.8 Å². The number of carbonyl (C=O) groups is 1. The summed E-state index contributed by atoms with van der Waals surface area (Å²) in [4.78, 5) is 11.6. The zero-order valence-corrected chi connectivity index (χ0v) is 10.2. The number of hydrogen-bond donors (Lipinski definition) is 1. The molecular formula is C13H18O4. The van der Waals surface area contributed by atoms with Gasteiger partial charge in [-0.05, 0) is 37.5 Å². The minimum atomic E-state index is -0.360. The number of esters is 1. The Kier molecular flexibility index (Phi) is 5.49. The maximum Gasteiger partial charge on any atom is 0.338 e. The molecule has 0 amide bonds. The molecule has 1 N–H and O–H groups in total. The van der Waals surface area contributed by atoms with Gasteiger partial charge in [-0.15, -0.1) is 0 Å². The SMILES string of the molecule is COc1cc(C(=O)OCCCCO)ccc1C. The van der Waals surface area contributed by atoms with E-state index in [-0.39, 0.29) is 12.6 Å². The van der Waals surface area contributed by atoms with Gasteiger partial charge in [0.2, 0.25) is 0 Å². The first-order valence-corrected chi connectivity index (χ1v) is 5.61. The van der Waals surface area contributed by atoms with Crippen LogP contribution in [-0.4, -0.2) is 31.4 Å². The minimum Gasteiger partial charge on any atom is -0.496 e. The average molecular weight is 238 g/mol. The molecule has 0 aliphatic rings. The summed E-state index contributed by atoms with van der Waals surface area (Å²) in [5.41, 5.74) is 1.46. The lowest BCUT2D eigenvalue weighted by Crippen LogP contribution is -2.07. The molecule has 1 aromatic carbocycles. The van der Waals surface area contributed by atoms with Gasteiger partial charge in [-0.3, -0.25) is 0 Å². The average Bonchev–Trinajstić information content (AvgIpc) is 2.35. The zero-order chi connectivity index (χ0) is 12.7. The molecule has 0 saturated heterocycles. The van der Waals surface area contributed by atoms with E-state index < -0.39 is 0 Å². The molecule has 0 heterocycles. The topological polar surface area (TPSA) is 55.8 Å². The van der Waals surface area contributed by atoms with Crippen LogP contribution in [-0.2, 0) is 4.74 Å². The highest BCUT2D eigenvalue weighted by Gasteiger charge is 2.09. The third-order valence-corrected chi connectivity index (χ3v) is 2.43. The summed E-state index contributed by atoms with van der Waals surface area (Å²) in [5.74, 6) is 0.316. The molecule has 94 valence electrons.